The van der Waals surface area contributed by atoms with Crippen LogP contribution in [0.2, 0.25) is 0 Å². The van der Waals surface area contributed by atoms with Crippen molar-refractivity contribution in [1.82, 2.24) is 19.7 Å². The van der Waals surface area contributed by atoms with Crippen LogP contribution in [0.3, 0.4) is 0 Å². The second-order valence-corrected chi connectivity index (χ2v) is 7.78. The minimum absolute atomic E-state index is 0.0473. The molecule has 0 radical (unpaired) electrons. The van der Waals surface area contributed by atoms with Crippen molar-refractivity contribution in [3.05, 3.63) is 24.4 Å². The molecule has 0 aromatic carbocycles. The van der Waals surface area contributed by atoms with Crippen LogP contribution in [0, 0.1) is 5.41 Å². The van der Waals surface area contributed by atoms with E-state index in [-0.39, 0.29) is 11.8 Å². The number of hydrogen-bond acceptors (Lipinski definition) is 5. The van der Waals surface area contributed by atoms with E-state index in [1.54, 1.807) is 6.20 Å². The van der Waals surface area contributed by atoms with E-state index in [1.165, 1.54) is 0 Å². The van der Waals surface area contributed by atoms with Crippen LogP contribution in [0.4, 0.5) is 5.82 Å². The number of aromatic nitrogens is 1. The second kappa shape index (κ2) is 7.46. The summed E-state index contributed by atoms with van der Waals surface area (Å²) in [5.74, 6) is 1.07. The molecule has 1 aliphatic carbocycles. The van der Waals surface area contributed by atoms with Gasteiger partial charge in [0, 0.05) is 58.6 Å². The zero-order chi connectivity index (χ0) is 18.9. The molecule has 4 rings (SSSR count). The predicted molar refractivity (Wildman–Crippen MR) is 103 cm³/mol. The molecule has 7 nitrogen and oxygen atoms in total. The number of rotatable bonds is 4. The third kappa shape index (κ3) is 3.52. The lowest BCUT2D eigenvalue weighted by molar-refractivity contribution is -0.150. The molecule has 1 saturated carbocycles. The van der Waals surface area contributed by atoms with Crippen molar-refractivity contribution >= 4 is 17.6 Å². The maximum atomic E-state index is 13.2. The van der Waals surface area contributed by atoms with E-state index < -0.39 is 5.41 Å². The van der Waals surface area contributed by atoms with Gasteiger partial charge in [0.2, 0.25) is 11.8 Å². The van der Waals surface area contributed by atoms with E-state index in [2.05, 4.69) is 21.7 Å². The van der Waals surface area contributed by atoms with E-state index in [4.69, 9.17) is 0 Å². The monoisotopic (exact) mass is 371 g/mol. The average molecular weight is 371 g/mol. The Morgan fingerprint density at radius 2 is 1.52 bits per heavy atom. The van der Waals surface area contributed by atoms with E-state index in [9.17, 15) is 9.59 Å². The number of piperazine rings is 2. The fourth-order valence-electron chi connectivity index (χ4n) is 4.20. The summed E-state index contributed by atoms with van der Waals surface area (Å²) < 4.78 is 0. The summed E-state index contributed by atoms with van der Waals surface area (Å²) in [4.78, 5) is 39.0. The molecule has 146 valence electrons. The molecule has 0 atom stereocenters. The highest BCUT2D eigenvalue weighted by Crippen LogP contribution is 2.49. The summed E-state index contributed by atoms with van der Waals surface area (Å²) in [6, 6.07) is 5.89. The lowest BCUT2D eigenvalue weighted by Gasteiger charge is -2.39. The summed E-state index contributed by atoms with van der Waals surface area (Å²) >= 11 is 0. The van der Waals surface area contributed by atoms with Crippen molar-refractivity contribution in [3.63, 3.8) is 0 Å². The number of anilines is 1. The molecule has 3 fully saturated rings. The molecule has 0 unspecified atom stereocenters. The number of carbonyl (C=O) groups is 2. The van der Waals surface area contributed by atoms with E-state index in [1.807, 2.05) is 28.0 Å². The molecule has 27 heavy (non-hydrogen) atoms. The number of carbonyl (C=O) groups excluding carboxylic acids is 2. The Hall–Kier alpha value is -2.15. The zero-order valence-electron chi connectivity index (χ0n) is 16.1. The minimum atomic E-state index is -0.762. The highest BCUT2D eigenvalue weighted by atomic mass is 16.2. The van der Waals surface area contributed by atoms with Crippen LogP contribution in [0.1, 0.15) is 19.8 Å². The first-order chi connectivity index (χ1) is 13.1. The maximum Gasteiger partial charge on any atom is 0.238 e. The molecule has 1 aromatic rings. The predicted octanol–water partition coefficient (Wildman–Crippen LogP) is 0.675. The fourth-order valence-corrected chi connectivity index (χ4v) is 4.20. The van der Waals surface area contributed by atoms with Gasteiger partial charge in [0.1, 0.15) is 11.2 Å². The minimum Gasteiger partial charge on any atom is -0.353 e. The summed E-state index contributed by atoms with van der Waals surface area (Å²) in [5.41, 5.74) is -0.762. The normalized spacial score (nSPS) is 22.6. The third-order valence-corrected chi connectivity index (χ3v) is 6.22. The zero-order valence-corrected chi connectivity index (χ0v) is 16.1. The summed E-state index contributed by atoms with van der Waals surface area (Å²) in [6.07, 6.45) is 3.21. The van der Waals surface area contributed by atoms with E-state index in [0.29, 0.717) is 25.9 Å². The van der Waals surface area contributed by atoms with Crippen molar-refractivity contribution < 1.29 is 9.59 Å². The standard InChI is InChI=1S/C20H29N5O2/c1-2-22-9-11-24(12-10-22)18(26)20(6-7-20)19(27)25-15-13-23(14-16-25)17-5-3-4-8-21-17/h3-5,8H,2,6-7,9-16H2,1H3. The van der Waals surface area contributed by atoms with Crippen molar-refractivity contribution in [3.8, 4) is 0 Å². The Kier molecular flexibility index (Phi) is 5.04. The van der Waals surface area contributed by atoms with Gasteiger partial charge in [-0.15, -0.1) is 0 Å². The van der Waals surface area contributed by atoms with Crippen LogP contribution in [0.5, 0.6) is 0 Å². The van der Waals surface area contributed by atoms with Crippen LogP contribution in [0.15, 0.2) is 24.4 Å². The van der Waals surface area contributed by atoms with Crippen molar-refractivity contribution in [2.45, 2.75) is 19.8 Å². The largest absolute Gasteiger partial charge is 0.353 e. The van der Waals surface area contributed by atoms with E-state index >= 15 is 0 Å². The Bertz CT molecular complexity index is 675. The Balaban J connectivity index is 1.35. The number of hydrogen-bond donors (Lipinski definition) is 0. The maximum absolute atomic E-state index is 13.2. The Morgan fingerprint density at radius 3 is 2.00 bits per heavy atom. The second-order valence-electron chi connectivity index (χ2n) is 7.78. The molecule has 0 N–H and O–H groups in total. The number of pyridine rings is 1. The first-order valence-corrected chi connectivity index (χ1v) is 10.1. The first-order valence-electron chi connectivity index (χ1n) is 10.1. The molecule has 2 saturated heterocycles. The van der Waals surface area contributed by atoms with Gasteiger partial charge in [0.05, 0.1) is 0 Å². The van der Waals surface area contributed by atoms with Crippen molar-refractivity contribution in [2.75, 3.05) is 63.8 Å². The molecule has 0 spiro atoms. The van der Waals surface area contributed by atoms with Gasteiger partial charge < -0.3 is 19.6 Å². The Morgan fingerprint density at radius 1 is 0.926 bits per heavy atom. The van der Waals surface area contributed by atoms with Crippen LogP contribution >= 0.6 is 0 Å². The molecule has 3 heterocycles. The van der Waals surface area contributed by atoms with Crippen LogP contribution in [0.25, 0.3) is 0 Å². The summed E-state index contributed by atoms with van der Waals surface area (Å²) in [6.45, 7) is 9.34. The summed E-state index contributed by atoms with van der Waals surface area (Å²) in [5, 5.41) is 0. The van der Waals surface area contributed by atoms with Crippen molar-refractivity contribution in [2.24, 2.45) is 5.41 Å². The quantitative estimate of drug-likeness (QED) is 0.729. The van der Waals surface area contributed by atoms with Gasteiger partial charge in [-0.25, -0.2) is 4.98 Å². The first kappa shape index (κ1) is 18.2. The average Bonchev–Trinajstić information content (AvgIpc) is 3.55. The molecule has 0 bridgehead atoms. The molecule has 7 heteroatoms. The number of nitrogens with zero attached hydrogens (tertiary/aromatic N) is 5. The molecule has 2 amide bonds. The molecule has 2 aliphatic heterocycles. The van der Waals surface area contributed by atoms with Gasteiger partial charge in [-0.05, 0) is 31.5 Å². The molecular weight excluding hydrogens is 342 g/mol. The highest BCUT2D eigenvalue weighted by molar-refractivity contribution is 6.08. The highest BCUT2D eigenvalue weighted by Gasteiger charge is 2.59. The van der Waals surface area contributed by atoms with Gasteiger partial charge in [-0.2, -0.15) is 0 Å². The number of likely N-dealkylation sites (N-methyl/N-ethyl adjacent to an activating group) is 1. The van der Waals surface area contributed by atoms with Crippen LogP contribution in [-0.2, 0) is 9.59 Å². The molecular formula is C20H29N5O2. The van der Waals surface area contributed by atoms with Gasteiger partial charge in [-0.1, -0.05) is 13.0 Å². The summed E-state index contributed by atoms with van der Waals surface area (Å²) in [7, 11) is 0. The van der Waals surface area contributed by atoms with Gasteiger partial charge in [-0.3, -0.25) is 9.59 Å². The fraction of sp³-hybridized carbons (Fsp3) is 0.650. The van der Waals surface area contributed by atoms with Crippen molar-refractivity contribution in [1.29, 1.82) is 0 Å². The topological polar surface area (TPSA) is 60.0 Å². The SMILES string of the molecule is CCN1CCN(C(=O)C2(C(=O)N3CCN(c4ccccn4)CC3)CC2)CC1. The third-order valence-electron chi connectivity index (χ3n) is 6.22. The van der Waals surface area contributed by atoms with Crippen LogP contribution < -0.4 is 4.90 Å². The smallest absolute Gasteiger partial charge is 0.238 e. The molecule has 1 aromatic heterocycles. The Labute approximate surface area is 160 Å². The van der Waals surface area contributed by atoms with Gasteiger partial charge in [0.25, 0.3) is 0 Å². The van der Waals surface area contributed by atoms with E-state index in [0.717, 1.165) is 51.6 Å². The van der Waals surface area contributed by atoms with Gasteiger partial charge in [0.15, 0.2) is 0 Å². The lowest BCUT2D eigenvalue weighted by Crippen LogP contribution is -2.56. The van der Waals surface area contributed by atoms with Crippen LogP contribution in [-0.4, -0.2) is 90.4 Å². The molecule has 3 aliphatic rings. The lowest BCUT2D eigenvalue weighted by atomic mass is 10.0. The number of amides is 2. The van der Waals surface area contributed by atoms with Gasteiger partial charge >= 0.3 is 0 Å².